The topological polar surface area (TPSA) is 38.7 Å². The van der Waals surface area contributed by atoms with Gasteiger partial charge in [0.1, 0.15) is 0 Å². The van der Waals surface area contributed by atoms with E-state index in [1.165, 1.54) is 34.1 Å². The Morgan fingerprint density at radius 1 is 1.20 bits per heavy atom. The number of hydrogen-bond acceptors (Lipinski definition) is 3. The smallest absolute Gasteiger partial charge is 0.197 e. The third kappa shape index (κ3) is 2.21. The molecule has 0 radical (unpaired) electrons. The number of halogens is 1. The van der Waals surface area contributed by atoms with Crippen molar-refractivity contribution >= 4 is 0 Å². The highest BCUT2D eigenvalue weighted by atomic mass is 19.1. The first kappa shape index (κ1) is 11.8. The van der Waals surface area contributed by atoms with Crippen molar-refractivity contribution in [2.24, 2.45) is 0 Å². The van der Waals surface area contributed by atoms with E-state index in [0.29, 0.717) is 5.75 Å². The van der Waals surface area contributed by atoms with E-state index in [-0.39, 0.29) is 11.3 Å². The van der Waals surface area contributed by atoms with Crippen LogP contribution >= 0.6 is 0 Å². The Kier molecular flexibility index (Phi) is 3.19. The normalized spacial score (nSPS) is 11.3. The molecule has 0 fully saturated rings. The Morgan fingerprint density at radius 3 is 2.20 bits per heavy atom. The van der Waals surface area contributed by atoms with Crippen LogP contribution in [0, 0.1) is 5.82 Å². The lowest BCUT2D eigenvalue weighted by Gasteiger charge is -2.20. The fourth-order valence-corrected chi connectivity index (χ4v) is 1.36. The maximum absolute atomic E-state index is 13.9. The van der Waals surface area contributed by atoms with E-state index in [9.17, 15) is 9.50 Å². The molecule has 84 valence electrons. The van der Waals surface area contributed by atoms with E-state index >= 15 is 0 Å². The summed E-state index contributed by atoms with van der Waals surface area (Å²) in [6.07, 6.45) is 0. The Hall–Kier alpha value is -1.29. The van der Waals surface area contributed by atoms with Gasteiger partial charge in [0, 0.05) is 5.56 Å². The lowest BCUT2D eigenvalue weighted by molar-refractivity contribution is 0.0738. The molecule has 3 nitrogen and oxygen atoms in total. The average Bonchev–Trinajstić information content (AvgIpc) is 2.15. The number of aliphatic hydroxyl groups is 1. The minimum Gasteiger partial charge on any atom is -0.493 e. The van der Waals surface area contributed by atoms with Gasteiger partial charge in [-0.3, -0.25) is 0 Å². The average molecular weight is 214 g/mol. The van der Waals surface area contributed by atoms with Crippen molar-refractivity contribution in [2.75, 3.05) is 14.2 Å². The molecule has 0 aliphatic carbocycles. The summed E-state index contributed by atoms with van der Waals surface area (Å²) >= 11 is 0. The number of benzene rings is 1. The molecule has 1 rings (SSSR count). The highest BCUT2D eigenvalue weighted by molar-refractivity contribution is 5.45. The van der Waals surface area contributed by atoms with Crippen molar-refractivity contribution < 1.29 is 19.0 Å². The summed E-state index contributed by atoms with van der Waals surface area (Å²) < 4.78 is 23.7. The van der Waals surface area contributed by atoms with Gasteiger partial charge in [-0.15, -0.1) is 0 Å². The van der Waals surface area contributed by atoms with Crippen molar-refractivity contribution in [3.05, 3.63) is 23.5 Å². The number of methoxy groups -OCH3 is 2. The van der Waals surface area contributed by atoms with E-state index in [1.54, 1.807) is 6.07 Å². The molecule has 0 aliphatic rings. The van der Waals surface area contributed by atoms with E-state index < -0.39 is 11.4 Å². The third-order valence-corrected chi connectivity index (χ3v) is 2.14. The van der Waals surface area contributed by atoms with E-state index in [2.05, 4.69) is 0 Å². The predicted octanol–water partition coefficient (Wildman–Crippen LogP) is 2.07. The van der Waals surface area contributed by atoms with Gasteiger partial charge in [0.25, 0.3) is 0 Å². The van der Waals surface area contributed by atoms with Crippen LogP contribution in [-0.2, 0) is 5.60 Å². The van der Waals surface area contributed by atoms with Gasteiger partial charge in [-0.1, -0.05) is 0 Å². The standard InChI is InChI=1S/C11H15FO3/c1-11(2,13)7-5-6-8(14-3)10(15-4)9(7)12/h5-6,13H,1-4H3. The maximum Gasteiger partial charge on any atom is 0.197 e. The van der Waals surface area contributed by atoms with Gasteiger partial charge in [-0.25, -0.2) is 4.39 Å². The maximum atomic E-state index is 13.9. The summed E-state index contributed by atoms with van der Waals surface area (Å²) in [4.78, 5) is 0. The van der Waals surface area contributed by atoms with Crippen LogP contribution in [0.4, 0.5) is 4.39 Å². The first-order valence-electron chi connectivity index (χ1n) is 4.55. The molecule has 0 spiro atoms. The molecule has 0 amide bonds. The zero-order chi connectivity index (χ0) is 11.6. The molecule has 1 aromatic carbocycles. The molecule has 0 saturated carbocycles. The molecule has 0 saturated heterocycles. The fraction of sp³-hybridized carbons (Fsp3) is 0.455. The van der Waals surface area contributed by atoms with Crippen molar-refractivity contribution in [3.63, 3.8) is 0 Å². The van der Waals surface area contributed by atoms with Crippen LogP contribution in [0.1, 0.15) is 19.4 Å². The zero-order valence-electron chi connectivity index (χ0n) is 9.30. The Labute approximate surface area is 88.4 Å². The number of ether oxygens (including phenoxy) is 2. The summed E-state index contributed by atoms with van der Waals surface area (Å²) in [5.74, 6) is -0.274. The molecule has 1 N–H and O–H groups in total. The monoisotopic (exact) mass is 214 g/mol. The van der Waals surface area contributed by atoms with Gasteiger partial charge in [0.05, 0.1) is 19.8 Å². The van der Waals surface area contributed by atoms with Gasteiger partial charge in [-0.2, -0.15) is 0 Å². The first-order chi connectivity index (χ1) is 6.91. The van der Waals surface area contributed by atoms with Crippen LogP contribution < -0.4 is 9.47 Å². The molecule has 0 aliphatic heterocycles. The van der Waals surface area contributed by atoms with E-state index in [1.807, 2.05) is 0 Å². The molecule has 0 bridgehead atoms. The number of hydrogen-bond donors (Lipinski definition) is 1. The molecule has 0 heterocycles. The highest BCUT2D eigenvalue weighted by Crippen LogP contribution is 2.35. The highest BCUT2D eigenvalue weighted by Gasteiger charge is 2.25. The molecule has 1 aromatic rings. The molecular weight excluding hydrogens is 199 g/mol. The van der Waals surface area contributed by atoms with Gasteiger partial charge >= 0.3 is 0 Å². The van der Waals surface area contributed by atoms with Crippen molar-refractivity contribution in [1.29, 1.82) is 0 Å². The summed E-state index contributed by atoms with van der Waals surface area (Å²) in [5.41, 5.74) is -1.07. The predicted molar refractivity (Wildman–Crippen MR) is 54.7 cm³/mol. The quantitative estimate of drug-likeness (QED) is 0.837. The Balaban J connectivity index is 3.36. The van der Waals surface area contributed by atoms with E-state index in [4.69, 9.17) is 9.47 Å². The zero-order valence-corrected chi connectivity index (χ0v) is 9.30. The second kappa shape index (κ2) is 4.06. The fourth-order valence-electron chi connectivity index (χ4n) is 1.36. The minimum atomic E-state index is -1.25. The van der Waals surface area contributed by atoms with Crippen molar-refractivity contribution in [3.8, 4) is 11.5 Å². The summed E-state index contributed by atoms with van der Waals surface area (Å²) in [6, 6.07) is 3.05. The summed E-state index contributed by atoms with van der Waals surface area (Å²) in [5, 5.41) is 9.72. The van der Waals surface area contributed by atoms with Gasteiger partial charge in [0.2, 0.25) is 0 Å². The minimum absolute atomic E-state index is 0.0112. The molecule has 0 aromatic heterocycles. The van der Waals surface area contributed by atoms with Crippen LogP contribution in [0.15, 0.2) is 12.1 Å². The number of rotatable bonds is 3. The Morgan fingerprint density at radius 2 is 1.80 bits per heavy atom. The SMILES string of the molecule is COc1ccc(C(C)(C)O)c(F)c1OC. The second-order valence-corrected chi connectivity index (χ2v) is 3.72. The summed E-state index contributed by atoms with van der Waals surface area (Å²) in [7, 11) is 2.79. The third-order valence-electron chi connectivity index (χ3n) is 2.14. The van der Waals surface area contributed by atoms with Crippen LogP contribution in [0.5, 0.6) is 11.5 Å². The van der Waals surface area contributed by atoms with Crippen LogP contribution in [0.2, 0.25) is 0 Å². The lowest BCUT2D eigenvalue weighted by atomic mass is 9.97. The van der Waals surface area contributed by atoms with Gasteiger partial charge in [0.15, 0.2) is 17.3 Å². The largest absolute Gasteiger partial charge is 0.493 e. The lowest BCUT2D eigenvalue weighted by Crippen LogP contribution is -2.18. The molecule has 15 heavy (non-hydrogen) atoms. The van der Waals surface area contributed by atoms with Crippen LogP contribution in [-0.4, -0.2) is 19.3 Å². The second-order valence-electron chi connectivity index (χ2n) is 3.72. The molecular formula is C11H15FO3. The van der Waals surface area contributed by atoms with Crippen LogP contribution in [0.3, 0.4) is 0 Å². The molecule has 0 unspecified atom stereocenters. The van der Waals surface area contributed by atoms with Crippen molar-refractivity contribution in [2.45, 2.75) is 19.4 Å². The van der Waals surface area contributed by atoms with Crippen LogP contribution in [0.25, 0.3) is 0 Å². The molecule has 4 heteroatoms. The first-order valence-corrected chi connectivity index (χ1v) is 4.55. The Bertz CT molecular complexity index is 356. The van der Waals surface area contributed by atoms with E-state index in [0.717, 1.165) is 0 Å². The van der Waals surface area contributed by atoms with Gasteiger partial charge in [-0.05, 0) is 26.0 Å². The van der Waals surface area contributed by atoms with Crippen molar-refractivity contribution in [1.82, 2.24) is 0 Å². The molecule has 0 atom stereocenters. The summed E-state index contributed by atoms with van der Waals surface area (Å²) in [6.45, 7) is 3.02. The van der Waals surface area contributed by atoms with Gasteiger partial charge < -0.3 is 14.6 Å².